The lowest BCUT2D eigenvalue weighted by atomic mass is 10.00. The predicted molar refractivity (Wildman–Crippen MR) is 77.6 cm³/mol. The molecule has 0 aliphatic carbocycles. The molecule has 2 aromatic rings. The van der Waals surface area contributed by atoms with Crippen LogP contribution in [0.1, 0.15) is 37.9 Å². The second-order valence-electron chi connectivity index (χ2n) is 5.61. The molecule has 0 radical (unpaired) electrons. The number of rotatable bonds is 4. The molecule has 2 rings (SSSR count). The third-order valence-corrected chi connectivity index (χ3v) is 3.62. The van der Waals surface area contributed by atoms with Gasteiger partial charge in [-0.2, -0.15) is 0 Å². The van der Waals surface area contributed by atoms with Crippen LogP contribution in [0.3, 0.4) is 0 Å². The molecule has 1 N–H and O–H groups in total. The molecule has 0 spiro atoms. The first-order chi connectivity index (χ1) is 8.90. The summed E-state index contributed by atoms with van der Waals surface area (Å²) in [4.78, 5) is 10.9. The van der Waals surface area contributed by atoms with Crippen LogP contribution in [-0.2, 0) is 11.2 Å². The van der Waals surface area contributed by atoms with E-state index >= 15 is 0 Å². The third kappa shape index (κ3) is 2.65. The molecular weight excluding hydrogens is 238 g/mol. The average Bonchev–Trinajstić information content (AvgIpc) is 2.66. The zero-order valence-corrected chi connectivity index (χ0v) is 12.0. The summed E-state index contributed by atoms with van der Waals surface area (Å²) in [7, 11) is 0. The summed E-state index contributed by atoms with van der Waals surface area (Å²) in [6, 6.07) is 6.68. The highest BCUT2D eigenvalue weighted by Gasteiger charge is 2.13. The van der Waals surface area contributed by atoms with E-state index in [0.717, 1.165) is 5.56 Å². The van der Waals surface area contributed by atoms with Gasteiger partial charge in [0, 0.05) is 23.1 Å². The molecule has 102 valence electrons. The van der Waals surface area contributed by atoms with Gasteiger partial charge < -0.3 is 9.67 Å². The van der Waals surface area contributed by atoms with Crippen LogP contribution in [0.5, 0.6) is 0 Å². The molecule has 19 heavy (non-hydrogen) atoms. The van der Waals surface area contributed by atoms with Crippen LogP contribution in [0, 0.1) is 12.8 Å². The van der Waals surface area contributed by atoms with Crippen LogP contribution in [0.15, 0.2) is 24.4 Å². The fraction of sp³-hybridized carbons (Fsp3) is 0.438. The van der Waals surface area contributed by atoms with Gasteiger partial charge in [-0.15, -0.1) is 0 Å². The number of aryl methyl sites for hydroxylation is 1. The smallest absolute Gasteiger partial charge is 0.306 e. The van der Waals surface area contributed by atoms with Crippen molar-refractivity contribution in [1.29, 1.82) is 0 Å². The molecule has 1 unspecified atom stereocenters. The number of hydrogen-bond acceptors (Lipinski definition) is 1. The lowest BCUT2D eigenvalue weighted by Crippen LogP contribution is -2.12. The Morgan fingerprint density at radius 1 is 1.32 bits per heavy atom. The first kappa shape index (κ1) is 13.7. The number of aliphatic carboxylic acids is 1. The molecule has 0 aliphatic rings. The standard InChI is InChI=1S/C16H21NO2/c1-10(2)17-9-12(4)14-6-5-13(8-15(14)17)7-11(3)16(18)19/h5-6,8-11H,7H2,1-4H3,(H,18,19). The Labute approximate surface area is 113 Å². The van der Waals surface area contributed by atoms with Crippen molar-refractivity contribution in [3.8, 4) is 0 Å². The van der Waals surface area contributed by atoms with E-state index in [0.29, 0.717) is 12.5 Å². The number of benzene rings is 1. The summed E-state index contributed by atoms with van der Waals surface area (Å²) in [5.41, 5.74) is 3.55. The monoisotopic (exact) mass is 259 g/mol. The van der Waals surface area contributed by atoms with Crippen LogP contribution >= 0.6 is 0 Å². The number of carboxylic acids is 1. The lowest BCUT2D eigenvalue weighted by molar-refractivity contribution is -0.141. The molecular formula is C16H21NO2. The molecule has 0 saturated carbocycles. The molecule has 0 saturated heterocycles. The molecule has 0 fully saturated rings. The highest BCUT2D eigenvalue weighted by atomic mass is 16.4. The zero-order valence-electron chi connectivity index (χ0n) is 12.0. The van der Waals surface area contributed by atoms with Gasteiger partial charge in [-0.25, -0.2) is 0 Å². The summed E-state index contributed by atoms with van der Waals surface area (Å²) in [5.74, 6) is -1.09. The van der Waals surface area contributed by atoms with Gasteiger partial charge in [-0.3, -0.25) is 4.79 Å². The molecule has 0 bridgehead atoms. The second kappa shape index (κ2) is 5.08. The van der Waals surface area contributed by atoms with Gasteiger partial charge in [0.2, 0.25) is 0 Å². The Morgan fingerprint density at radius 3 is 2.58 bits per heavy atom. The van der Waals surface area contributed by atoms with Gasteiger partial charge in [0.25, 0.3) is 0 Å². The van der Waals surface area contributed by atoms with E-state index in [9.17, 15) is 4.79 Å². The van der Waals surface area contributed by atoms with Crippen LogP contribution in [0.25, 0.3) is 10.9 Å². The molecule has 1 aromatic carbocycles. The van der Waals surface area contributed by atoms with E-state index in [1.54, 1.807) is 6.92 Å². The van der Waals surface area contributed by atoms with Gasteiger partial charge in [-0.05, 0) is 44.4 Å². The normalized spacial score (nSPS) is 13.1. The maximum atomic E-state index is 10.9. The van der Waals surface area contributed by atoms with Crippen LogP contribution < -0.4 is 0 Å². The van der Waals surface area contributed by atoms with Crippen molar-refractivity contribution in [2.75, 3.05) is 0 Å². The van der Waals surface area contributed by atoms with E-state index in [4.69, 9.17) is 5.11 Å². The Bertz CT molecular complexity index is 610. The van der Waals surface area contributed by atoms with Gasteiger partial charge in [0.15, 0.2) is 0 Å². The predicted octanol–water partition coefficient (Wildman–Crippen LogP) is 3.79. The van der Waals surface area contributed by atoms with Crippen molar-refractivity contribution < 1.29 is 9.90 Å². The van der Waals surface area contributed by atoms with E-state index in [1.165, 1.54) is 16.5 Å². The van der Waals surface area contributed by atoms with E-state index in [1.807, 2.05) is 6.07 Å². The Hall–Kier alpha value is -1.77. The molecule has 0 amide bonds. The van der Waals surface area contributed by atoms with Crippen molar-refractivity contribution in [2.24, 2.45) is 5.92 Å². The Kier molecular flexibility index (Phi) is 3.65. The van der Waals surface area contributed by atoms with Crippen molar-refractivity contribution in [3.63, 3.8) is 0 Å². The first-order valence-corrected chi connectivity index (χ1v) is 6.73. The number of carbonyl (C=O) groups is 1. The Morgan fingerprint density at radius 2 is 2.00 bits per heavy atom. The van der Waals surface area contributed by atoms with E-state index in [-0.39, 0.29) is 5.92 Å². The summed E-state index contributed by atoms with van der Waals surface area (Å²) >= 11 is 0. The average molecular weight is 259 g/mol. The summed E-state index contributed by atoms with van der Waals surface area (Å²) in [6.45, 7) is 8.18. The SMILES string of the molecule is Cc1cn(C(C)C)c2cc(CC(C)C(=O)O)ccc12. The van der Waals surface area contributed by atoms with Gasteiger partial charge in [-0.1, -0.05) is 19.1 Å². The van der Waals surface area contributed by atoms with Crippen molar-refractivity contribution in [2.45, 2.75) is 40.2 Å². The van der Waals surface area contributed by atoms with Gasteiger partial charge >= 0.3 is 5.97 Å². The number of carboxylic acid groups (broad SMARTS) is 1. The minimum Gasteiger partial charge on any atom is -0.481 e. The third-order valence-electron chi connectivity index (χ3n) is 3.62. The molecule has 1 aromatic heterocycles. The molecule has 0 aliphatic heterocycles. The fourth-order valence-electron chi connectivity index (χ4n) is 2.47. The highest BCUT2D eigenvalue weighted by molar-refractivity contribution is 5.84. The number of aromatic nitrogens is 1. The second-order valence-corrected chi connectivity index (χ2v) is 5.61. The van der Waals surface area contributed by atoms with E-state index < -0.39 is 5.97 Å². The zero-order chi connectivity index (χ0) is 14.2. The van der Waals surface area contributed by atoms with Crippen LogP contribution in [0.4, 0.5) is 0 Å². The van der Waals surface area contributed by atoms with Gasteiger partial charge in [0.1, 0.15) is 0 Å². The molecule has 3 nitrogen and oxygen atoms in total. The van der Waals surface area contributed by atoms with Crippen LogP contribution in [-0.4, -0.2) is 15.6 Å². The number of fused-ring (bicyclic) bond motifs is 1. The summed E-state index contributed by atoms with van der Waals surface area (Å²) in [5, 5.41) is 10.2. The summed E-state index contributed by atoms with van der Waals surface area (Å²) < 4.78 is 2.25. The number of nitrogens with zero attached hydrogens (tertiary/aromatic N) is 1. The summed E-state index contributed by atoms with van der Waals surface area (Å²) in [6.07, 6.45) is 2.74. The largest absolute Gasteiger partial charge is 0.481 e. The maximum Gasteiger partial charge on any atom is 0.306 e. The molecule has 1 atom stereocenters. The lowest BCUT2D eigenvalue weighted by Gasteiger charge is -2.11. The van der Waals surface area contributed by atoms with Crippen molar-refractivity contribution in [1.82, 2.24) is 4.57 Å². The van der Waals surface area contributed by atoms with Crippen LogP contribution in [0.2, 0.25) is 0 Å². The fourth-order valence-corrected chi connectivity index (χ4v) is 2.47. The van der Waals surface area contributed by atoms with Crippen molar-refractivity contribution in [3.05, 3.63) is 35.5 Å². The molecule has 1 heterocycles. The van der Waals surface area contributed by atoms with E-state index in [2.05, 4.69) is 43.7 Å². The van der Waals surface area contributed by atoms with Crippen molar-refractivity contribution >= 4 is 16.9 Å². The minimum absolute atomic E-state index is 0.346. The molecule has 3 heteroatoms. The topological polar surface area (TPSA) is 42.2 Å². The Balaban J connectivity index is 2.44. The minimum atomic E-state index is -0.740. The maximum absolute atomic E-state index is 10.9. The number of hydrogen-bond donors (Lipinski definition) is 1. The first-order valence-electron chi connectivity index (χ1n) is 6.73. The quantitative estimate of drug-likeness (QED) is 0.907. The van der Waals surface area contributed by atoms with Gasteiger partial charge in [0.05, 0.1) is 5.92 Å². The highest BCUT2D eigenvalue weighted by Crippen LogP contribution is 2.26.